The fourth-order valence-corrected chi connectivity index (χ4v) is 1.48. The first-order valence-electron chi connectivity index (χ1n) is 4.29. The number of thioether (sulfide) groups is 1. The number of carbonyl (C=O) groups excluding carboxylic acids is 1. The van der Waals surface area contributed by atoms with Crippen molar-refractivity contribution in [3.63, 3.8) is 0 Å². The van der Waals surface area contributed by atoms with Crippen molar-refractivity contribution in [2.45, 2.75) is 19.4 Å². The third-order valence-corrected chi connectivity index (χ3v) is 2.36. The summed E-state index contributed by atoms with van der Waals surface area (Å²) in [4.78, 5) is 21.1. The lowest BCUT2D eigenvalue weighted by atomic mass is 10.2. The number of carbonyl (C=O) groups is 2. The van der Waals surface area contributed by atoms with E-state index >= 15 is 0 Å². The van der Waals surface area contributed by atoms with Crippen molar-refractivity contribution in [1.29, 1.82) is 0 Å². The summed E-state index contributed by atoms with van der Waals surface area (Å²) < 4.78 is 4.69. The summed E-state index contributed by atoms with van der Waals surface area (Å²) in [5.41, 5.74) is 5.48. The van der Waals surface area contributed by atoms with Crippen molar-refractivity contribution in [1.82, 2.24) is 0 Å². The van der Waals surface area contributed by atoms with Gasteiger partial charge in [-0.1, -0.05) is 0 Å². The Morgan fingerprint density at radius 2 is 2.21 bits per heavy atom. The van der Waals surface area contributed by atoms with Gasteiger partial charge in [-0.2, -0.15) is 11.8 Å². The van der Waals surface area contributed by atoms with Gasteiger partial charge in [0.2, 0.25) is 0 Å². The minimum Gasteiger partial charge on any atom is -0.481 e. The van der Waals surface area contributed by atoms with E-state index in [1.807, 2.05) is 0 Å². The standard InChI is InChI=1S/C8H15NO4S/c1-2-13-8(12)6(9)3-4-14-5-7(10)11/h6H,2-5,9H2,1H3,(H,10,11). The zero-order chi connectivity index (χ0) is 11.0. The highest BCUT2D eigenvalue weighted by Gasteiger charge is 2.13. The quantitative estimate of drug-likeness (QED) is 0.467. The van der Waals surface area contributed by atoms with Gasteiger partial charge in [-0.05, 0) is 19.1 Å². The van der Waals surface area contributed by atoms with Gasteiger partial charge >= 0.3 is 11.9 Å². The number of rotatable bonds is 7. The zero-order valence-corrected chi connectivity index (χ0v) is 8.88. The lowest BCUT2D eigenvalue weighted by Gasteiger charge is -2.09. The Hall–Kier alpha value is -0.750. The van der Waals surface area contributed by atoms with E-state index in [0.717, 1.165) is 0 Å². The molecule has 0 bridgehead atoms. The minimum atomic E-state index is -0.861. The number of esters is 1. The van der Waals surface area contributed by atoms with Gasteiger partial charge in [-0.25, -0.2) is 0 Å². The third kappa shape index (κ3) is 6.73. The molecule has 0 saturated heterocycles. The predicted octanol–water partition coefficient (Wildman–Crippen LogP) is 0.0847. The number of ether oxygens (including phenoxy) is 1. The molecule has 6 heteroatoms. The van der Waals surface area contributed by atoms with E-state index in [-0.39, 0.29) is 5.75 Å². The molecule has 5 nitrogen and oxygen atoms in total. The molecule has 82 valence electrons. The second-order valence-electron chi connectivity index (χ2n) is 2.59. The van der Waals surface area contributed by atoms with Crippen LogP contribution in [-0.2, 0) is 14.3 Å². The average Bonchev–Trinajstić information content (AvgIpc) is 2.12. The Morgan fingerprint density at radius 3 is 2.71 bits per heavy atom. The maximum absolute atomic E-state index is 11.0. The number of hydrogen-bond acceptors (Lipinski definition) is 5. The summed E-state index contributed by atoms with van der Waals surface area (Å²) in [6, 6.07) is -0.642. The number of hydrogen-bond donors (Lipinski definition) is 2. The first-order chi connectivity index (χ1) is 6.57. The van der Waals surface area contributed by atoms with Gasteiger partial charge in [0.25, 0.3) is 0 Å². The number of carboxylic acids is 1. The smallest absolute Gasteiger partial charge is 0.322 e. The van der Waals surface area contributed by atoms with Gasteiger partial charge in [0.1, 0.15) is 6.04 Å². The molecular formula is C8H15NO4S. The minimum absolute atomic E-state index is 0.0372. The van der Waals surface area contributed by atoms with E-state index in [1.165, 1.54) is 11.8 Å². The Balaban J connectivity index is 3.48. The summed E-state index contributed by atoms with van der Waals surface area (Å²) in [7, 11) is 0. The van der Waals surface area contributed by atoms with E-state index in [9.17, 15) is 9.59 Å². The molecule has 0 fully saturated rings. The van der Waals surface area contributed by atoms with Gasteiger partial charge < -0.3 is 15.6 Å². The maximum atomic E-state index is 11.0. The molecule has 0 aliphatic carbocycles. The Labute approximate surface area is 87.0 Å². The molecule has 0 aromatic carbocycles. The molecular weight excluding hydrogens is 206 g/mol. The topological polar surface area (TPSA) is 89.6 Å². The van der Waals surface area contributed by atoms with Crippen molar-refractivity contribution in [3.8, 4) is 0 Å². The molecule has 0 heterocycles. The molecule has 0 radical (unpaired) electrons. The highest BCUT2D eigenvalue weighted by Crippen LogP contribution is 2.04. The van der Waals surface area contributed by atoms with Gasteiger partial charge in [0, 0.05) is 0 Å². The van der Waals surface area contributed by atoms with Crippen LogP contribution in [0.4, 0.5) is 0 Å². The van der Waals surface area contributed by atoms with Crippen molar-refractivity contribution in [2.75, 3.05) is 18.1 Å². The molecule has 0 amide bonds. The first-order valence-corrected chi connectivity index (χ1v) is 5.45. The number of aliphatic carboxylic acids is 1. The van der Waals surface area contributed by atoms with Crippen molar-refractivity contribution in [3.05, 3.63) is 0 Å². The summed E-state index contributed by atoms with van der Waals surface area (Å²) in [6.07, 6.45) is 0.441. The monoisotopic (exact) mass is 221 g/mol. The second kappa shape index (κ2) is 7.64. The molecule has 0 aliphatic heterocycles. The number of nitrogens with two attached hydrogens (primary N) is 1. The first kappa shape index (κ1) is 13.2. The van der Waals surface area contributed by atoms with Crippen LogP contribution < -0.4 is 5.73 Å². The molecule has 1 atom stereocenters. The van der Waals surface area contributed by atoms with E-state index in [4.69, 9.17) is 15.6 Å². The van der Waals surface area contributed by atoms with Crippen LogP contribution in [0.3, 0.4) is 0 Å². The summed E-state index contributed by atoms with van der Waals surface area (Å²) in [6.45, 7) is 2.03. The van der Waals surface area contributed by atoms with Crippen LogP contribution in [0.5, 0.6) is 0 Å². The molecule has 3 N–H and O–H groups in total. The van der Waals surface area contributed by atoms with Crippen LogP contribution in [-0.4, -0.2) is 41.2 Å². The molecule has 0 rings (SSSR count). The molecule has 0 spiro atoms. The molecule has 14 heavy (non-hydrogen) atoms. The van der Waals surface area contributed by atoms with E-state index in [0.29, 0.717) is 18.8 Å². The van der Waals surface area contributed by atoms with Gasteiger partial charge in [0.05, 0.1) is 12.4 Å². The maximum Gasteiger partial charge on any atom is 0.322 e. The van der Waals surface area contributed by atoms with Crippen LogP contribution >= 0.6 is 11.8 Å². The normalized spacial score (nSPS) is 12.1. The summed E-state index contributed by atoms with van der Waals surface area (Å²) in [5.74, 6) is -0.704. The molecule has 0 aromatic rings. The van der Waals surface area contributed by atoms with Crippen LogP contribution in [0, 0.1) is 0 Å². The van der Waals surface area contributed by atoms with Crippen LogP contribution in [0.1, 0.15) is 13.3 Å². The molecule has 0 aromatic heterocycles. The van der Waals surface area contributed by atoms with Crippen LogP contribution in [0.15, 0.2) is 0 Å². The van der Waals surface area contributed by atoms with Crippen molar-refractivity contribution < 1.29 is 19.4 Å². The zero-order valence-electron chi connectivity index (χ0n) is 8.06. The fraction of sp³-hybridized carbons (Fsp3) is 0.750. The Bertz CT molecular complexity index is 198. The molecule has 0 saturated carbocycles. The Kier molecular flexibility index (Phi) is 7.23. The largest absolute Gasteiger partial charge is 0.481 e. The highest BCUT2D eigenvalue weighted by atomic mass is 32.2. The van der Waals surface area contributed by atoms with Gasteiger partial charge in [-0.3, -0.25) is 9.59 Å². The third-order valence-electron chi connectivity index (χ3n) is 1.39. The number of carboxylic acid groups (broad SMARTS) is 1. The fourth-order valence-electron chi connectivity index (χ4n) is 0.737. The van der Waals surface area contributed by atoms with Gasteiger partial charge in [0.15, 0.2) is 0 Å². The van der Waals surface area contributed by atoms with E-state index in [1.54, 1.807) is 6.92 Å². The Morgan fingerprint density at radius 1 is 1.57 bits per heavy atom. The van der Waals surface area contributed by atoms with Crippen LogP contribution in [0.25, 0.3) is 0 Å². The second-order valence-corrected chi connectivity index (χ2v) is 3.70. The van der Waals surface area contributed by atoms with E-state index < -0.39 is 18.0 Å². The summed E-state index contributed by atoms with van der Waals surface area (Å²) >= 11 is 1.24. The molecule has 0 aliphatic rings. The lowest BCUT2D eigenvalue weighted by molar-refractivity contribution is -0.144. The molecule has 1 unspecified atom stereocenters. The average molecular weight is 221 g/mol. The summed E-state index contributed by atoms with van der Waals surface area (Å²) in [5, 5.41) is 8.33. The van der Waals surface area contributed by atoms with Crippen molar-refractivity contribution >= 4 is 23.7 Å². The predicted molar refractivity (Wildman–Crippen MR) is 54.2 cm³/mol. The highest BCUT2D eigenvalue weighted by molar-refractivity contribution is 7.99. The van der Waals surface area contributed by atoms with Gasteiger partial charge in [-0.15, -0.1) is 0 Å². The van der Waals surface area contributed by atoms with E-state index in [2.05, 4.69) is 0 Å². The SMILES string of the molecule is CCOC(=O)C(N)CCSCC(=O)O. The lowest BCUT2D eigenvalue weighted by Crippen LogP contribution is -2.32. The van der Waals surface area contributed by atoms with Crippen LogP contribution in [0.2, 0.25) is 0 Å². The van der Waals surface area contributed by atoms with Crippen molar-refractivity contribution in [2.24, 2.45) is 5.73 Å².